The third-order valence-corrected chi connectivity index (χ3v) is 11.2. The molecule has 14 nitrogen and oxygen atoms in total. The lowest BCUT2D eigenvalue weighted by Gasteiger charge is -2.31. The summed E-state index contributed by atoms with van der Waals surface area (Å²) in [5.74, 6) is -3.85. The first kappa shape index (κ1) is 41.1. The summed E-state index contributed by atoms with van der Waals surface area (Å²) in [5.41, 5.74) is 3.63. The van der Waals surface area contributed by atoms with Crippen molar-refractivity contribution in [2.45, 2.75) is 70.8 Å². The average molecular weight is 811 g/mol. The van der Waals surface area contributed by atoms with Crippen molar-refractivity contribution in [1.29, 1.82) is 5.41 Å². The van der Waals surface area contributed by atoms with E-state index >= 15 is 8.78 Å². The van der Waals surface area contributed by atoms with Gasteiger partial charge in [-0.2, -0.15) is 4.99 Å². The Labute approximate surface area is 340 Å². The highest BCUT2D eigenvalue weighted by Gasteiger charge is 2.33. The summed E-state index contributed by atoms with van der Waals surface area (Å²) in [7, 11) is 1.71. The van der Waals surface area contributed by atoms with Crippen molar-refractivity contribution in [3.8, 4) is 0 Å². The Balaban J connectivity index is 0.995. The molecule has 310 valence electrons. The first-order valence-corrected chi connectivity index (χ1v) is 20.0. The largest absolute Gasteiger partial charge is 0.479 e. The van der Waals surface area contributed by atoms with Crippen molar-refractivity contribution in [2.75, 3.05) is 50.1 Å². The fourth-order valence-electron chi connectivity index (χ4n) is 8.04. The first-order chi connectivity index (χ1) is 28.4. The zero-order valence-corrected chi connectivity index (χ0v) is 33.3. The summed E-state index contributed by atoms with van der Waals surface area (Å²) in [4.78, 5) is 64.1. The van der Waals surface area contributed by atoms with Crippen molar-refractivity contribution in [2.24, 2.45) is 10.9 Å². The number of fused-ring (bicyclic) bond motifs is 5. The van der Waals surface area contributed by atoms with Gasteiger partial charge in [-0.05, 0) is 99.4 Å². The van der Waals surface area contributed by atoms with Crippen LogP contribution in [0.5, 0.6) is 0 Å². The molecule has 2 bridgehead atoms. The normalized spacial score (nSPS) is 22.7. The van der Waals surface area contributed by atoms with Gasteiger partial charge in [-0.25, -0.2) is 13.6 Å². The topological polar surface area (TPSA) is 178 Å². The van der Waals surface area contributed by atoms with Gasteiger partial charge in [0.05, 0.1) is 40.7 Å². The molecule has 7 rings (SSSR count). The van der Waals surface area contributed by atoms with Crippen molar-refractivity contribution >= 4 is 52.8 Å². The SMILES string of the molecule is CN/C1=C(\C=N)c2cc(cc(C)n2)C(=O)/N=C2\Nc3ccc(C(=O)OC4CCN(CCc5cc(F)c([C@H]6CCC(=O)NC6=O)c(F)c5)CC4)cc3N2C[C@H](C)CCCO1. The molecule has 5 heterocycles. The minimum atomic E-state index is -1.04. The van der Waals surface area contributed by atoms with E-state index < -0.39 is 41.2 Å². The molecular weight excluding hydrogens is 763 g/mol. The van der Waals surface area contributed by atoms with Crippen LogP contribution in [0.1, 0.15) is 94.6 Å². The Morgan fingerprint density at radius 3 is 2.53 bits per heavy atom. The summed E-state index contributed by atoms with van der Waals surface area (Å²) < 4.78 is 42.1. The monoisotopic (exact) mass is 810 g/mol. The molecule has 59 heavy (non-hydrogen) atoms. The number of guanidine groups is 1. The summed E-state index contributed by atoms with van der Waals surface area (Å²) in [6, 6.07) is 11.0. The van der Waals surface area contributed by atoms with Crippen molar-refractivity contribution in [1.82, 2.24) is 20.5 Å². The minimum absolute atomic E-state index is 0.0296. The number of nitrogens with zero attached hydrogens (tertiary/aromatic N) is 4. The van der Waals surface area contributed by atoms with Gasteiger partial charge in [0.1, 0.15) is 17.7 Å². The molecule has 2 aromatic carbocycles. The number of amides is 3. The number of anilines is 2. The van der Waals surface area contributed by atoms with Crippen LogP contribution in [-0.2, 0) is 25.5 Å². The predicted octanol–water partition coefficient (Wildman–Crippen LogP) is 5.46. The molecule has 4 aliphatic rings. The van der Waals surface area contributed by atoms with Gasteiger partial charge in [0.15, 0.2) is 5.88 Å². The number of likely N-dealkylation sites (tertiary alicyclic amines) is 1. The summed E-state index contributed by atoms with van der Waals surface area (Å²) in [6.07, 6.45) is 4.02. The molecule has 0 aliphatic carbocycles. The predicted molar refractivity (Wildman–Crippen MR) is 217 cm³/mol. The van der Waals surface area contributed by atoms with Gasteiger partial charge in [-0.3, -0.25) is 24.7 Å². The van der Waals surface area contributed by atoms with E-state index in [9.17, 15) is 19.2 Å². The highest BCUT2D eigenvalue weighted by Crippen LogP contribution is 2.36. The summed E-state index contributed by atoms with van der Waals surface area (Å²) in [6.45, 7) is 6.59. The first-order valence-electron chi connectivity index (χ1n) is 20.0. The van der Waals surface area contributed by atoms with Crippen molar-refractivity contribution in [3.05, 3.63) is 93.6 Å². The van der Waals surface area contributed by atoms with E-state index in [1.54, 1.807) is 44.3 Å². The molecule has 0 saturated carbocycles. The van der Waals surface area contributed by atoms with Crippen LogP contribution >= 0.6 is 0 Å². The molecule has 0 unspecified atom stereocenters. The Kier molecular flexibility index (Phi) is 12.4. The summed E-state index contributed by atoms with van der Waals surface area (Å²) in [5, 5.41) is 16.5. The number of allylic oxidation sites excluding steroid dienone is 1. The third kappa shape index (κ3) is 9.32. The number of benzene rings is 2. The fourth-order valence-corrected chi connectivity index (χ4v) is 8.04. The van der Waals surface area contributed by atoms with E-state index in [1.165, 1.54) is 12.1 Å². The second-order valence-electron chi connectivity index (χ2n) is 15.5. The molecule has 0 spiro atoms. The van der Waals surface area contributed by atoms with Gasteiger partial charge in [0, 0.05) is 62.7 Å². The number of aromatic nitrogens is 1. The molecular formula is C43H48F2N8O6. The lowest BCUT2D eigenvalue weighted by atomic mass is 9.89. The molecule has 3 amide bonds. The maximum absolute atomic E-state index is 15.0. The van der Waals surface area contributed by atoms with Crippen LogP contribution in [0, 0.1) is 29.9 Å². The number of rotatable bonds is 8. The van der Waals surface area contributed by atoms with E-state index in [4.69, 9.17) is 14.9 Å². The van der Waals surface area contributed by atoms with Crippen LogP contribution in [0.2, 0.25) is 0 Å². The average Bonchev–Trinajstić information content (AvgIpc) is 3.53. The van der Waals surface area contributed by atoms with Crippen molar-refractivity contribution in [3.63, 3.8) is 0 Å². The van der Waals surface area contributed by atoms with E-state index in [0.29, 0.717) is 109 Å². The smallest absolute Gasteiger partial charge is 0.338 e. The number of aliphatic imine (C=N–C) groups is 1. The number of esters is 1. The number of imide groups is 1. The molecule has 1 aromatic heterocycles. The van der Waals surface area contributed by atoms with Gasteiger partial charge in [-0.1, -0.05) is 6.92 Å². The molecule has 2 saturated heterocycles. The second kappa shape index (κ2) is 17.9. The molecule has 2 atom stereocenters. The van der Waals surface area contributed by atoms with E-state index in [-0.39, 0.29) is 30.4 Å². The number of piperidine rings is 2. The van der Waals surface area contributed by atoms with Crippen LogP contribution in [0.25, 0.3) is 5.57 Å². The minimum Gasteiger partial charge on any atom is -0.479 e. The number of pyridine rings is 1. The maximum Gasteiger partial charge on any atom is 0.338 e. The lowest BCUT2D eigenvalue weighted by Crippen LogP contribution is -2.40. The standard InChI is InChI=1S/C43H48F2N8O6/c1-24-5-4-16-58-41(47-3)31(22-46)35-20-28(17-25(2)48-35)39(55)51-43-49-34-8-6-27(21-36(34)53(43)23-24)42(57)59-29-11-14-52(15-12-29)13-10-26-18-32(44)38(33(45)19-26)30-7-9-37(54)50-40(30)56/h6,8,17-22,24,29-30,46-47H,4-5,7,9-16,23H2,1-3H3,(H,49,51,55)(H,50,54,56)/b41-31-,46-22?/t24-,30-/m1/s1. The highest BCUT2D eigenvalue weighted by molar-refractivity contribution is 6.20. The second-order valence-corrected chi connectivity index (χ2v) is 15.5. The zero-order valence-electron chi connectivity index (χ0n) is 33.3. The van der Waals surface area contributed by atoms with Crippen LogP contribution in [-0.4, -0.2) is 91.7 Å². The van der Waals surface area contributed by atoms with Gasteiger partial charge in [-0.15, -0.1) is 0 Å². The van der Waals surface area contributed by atoms with Gasteiger partial charge < -0.3 is 35.3 Å². The number of aryl methyl sites for hydroxylation is 1. The van der Waals surface area contributed by atoms with E-state index in [1.807, 2.05) is 4.90 Å². The van der Waals surface area contributed by atoms with Gasteiger partial charge in [0.2, 0.25) is 17.8 Å². The molecule has 2 fully saturated rings. The molecule has 4 aliphatic heterocycles. The van der Waals surface area contributed by atoms with Crippen LogP contribution in [0.4, 0.5) is 20.2 Å². The number of hydrogen-bond acceptors (Lipinski definition) is 12. The zero-order chi connectivity index (χ0) is 41.8. The maximum atomic E-state index is 15.0. The third-order valence-electron chi connectivity index (χ3n) is 11.2. The lowest BCUT2D eigenvalue weighted by molar-refractivity contribution is -0.134. The molecule has 16 heteroatoms. The molecule has 4 N–H and O–H groups in total. The molecule has 3 aromatic rings. The Morgan fingerprint density at radius 1 is 1.05 bits per heavy atom. The number of halogens is 2. The molecule has 0 radical (unpaired) electrons. The number of carbonyl (C=O) groups is 4. The summed E-state index contributed by atoms with van der Waals surface area (Å²) >= 11 is 0. The van der Waals surface area contributed by atoms with Gasteiger partial charge >= 0.3 is 5.97 Å². The quantitative estimate of drug-likeness (QED) is 0.129. The number of nitrogens with one attached hydrogen (secondary N) is 4. The highest BCUT2D eigenvalue weighted by atomic mass is 19.1. The fraction of sp³-hybridized carbons (Fsp3) is 0.419. The van der Waals surface area contributed by atoms with Crippen LogP contribution < -0.4 is 20.9 Å². The Bertz CT molecular complexity index is 2210. The van der Waals surface area contributed by atoms with E-state index in [2.05, 4.69) is 37.8 Å². The van der Waals surface area contributed by atoms with Gasteiger partial charge in [0.25, 0.3) is 5.91 Å². The van der Waals surface area contributed by atoms with Crippen LogP contribution in [0.15, 0.2) is 53.3 Å². The van der Waals surface area contributed by atoms with Crippen molar-refractivity contribution < 1.29 is 37.4 Å². The number of hydrogen-bond donors (Lipinski definition) is 4. The Morgan fingerprint density at radius 2 is 1.81 bits per heavy atom. The Hall–Kier alpha value is -6.03. The number of ether oxygens (including phenoxy) is 2. The van der Waals surface area contributed by atoms with Crippen LogP contribution in [0.3, 0.4) is 0 Å². The number of carbonyl (C=O) groups excluding carboxylic acids is 4. The van der Waals surface area contributed by atoms with E-state index in [0.717, 1.165) is 19.1 Å².